The molecule has 0 aromatic heterocycles. The minimum absolute atomic E-state index is 0.0665. The van der Waals surface area contributed by atoms with Crippen LogP contribution in [0, 0.1) is 0 Å². The molecule has 0 aromatic carbocycles. The van der Waals surface area contributed by atoms with Crippen molar-refractivity contribution in [3.63, 3.8) is 0 Å². The summed E-state index contributed by atoms with van der Waals surface area (Å²) in [5, 5.41) is 0. The highest BCUT2D eigenvalue weighted by Crippen LogP contribution is 2.13. The Hall–Kier alpha value is -1.24. The maximum Gasteiger partial charge on any atom is 0.285 e. The minimum atomic E-state index is -3.56. The Morgan fingerprint density at radius 2 is 0.853 bits per heavy atom. The van der Waals surface area contributed by atoms with E-state index in [0.29, 0.717) is 24.5 Å². The molecular weight excluding hydrogens is 480 g/mol. The van der Waals surface area contributed by atoms with E-state index in [-0.39, 0.29) is 12.1 Å². The van der Waals surface area contributed by atoms with Gasteiger partial charge in [0.2, 0.25) is 0 Å². The number of hydroxylamine groups is 2. The topological polar surface area (TPSA) is 136 Å². The maximum absolute atomic E-state index is 11.1. The number of rotatable bonds is 19. The number of hydrogen-bond acceptors (Lipinski definition) is 8. The van der Waals surface area contributed by atoms with Crippen molar-refractivity contribution >= 4 is 31.9 Å². The molecule has 34 heavy (non-hydrogen) atoms. The lowest BCUT2D eigenvalue weighted by Crippen LogP contribution is -2.27. The lowest BCUT2D eigenvalue weighted by atomic mass is 10.0. The van der Waals surface area contributed by atoms with Crippen molar-refractivity contribution in [2.24, 2.45) is 9.98 Å². The summed E-state index contributed by atoms with van der Waals surface area (Å²) in [6.45, 7) is 7.74. The van der Waals surface area contributed by atoms with Crippen LogP contribution in [0.1, 0.15) is 105 Å². The third kappa shape index (κ3) is 23.9. The number of nitrogens with zero attached hydrogens (tertiary/aromatic N) is 2. The molecule has 0 unspecified atom stereocenters. The molecule has 0 aromatic rings. The summed E-state index contributed by atoms with van der Waals surface area (Å²) in [4.78, 5) is 8.76. The molecule has 12 heteroatoms. The molecule has 10 nitrogen and oxygen atoms in total. The Morgan fingerprint density at radius 3 is 1.09 bits per heavy atom. The first kappa shape index (κ1) is 32.8. The first-order chi connectivity index (χ1) is 15.8. The summed E-state index contributed by atoms with van der Waals surface area (Å²) in [6, 6.07) is 0.133. The smallest absolute Gasteiger partial charge is 0.268 e. The monoisotopic (exact) mass is 526 g/mol. The van der Waals surface area contributed by atoms with Crippen molar-refractivity contribution in [2.75, 3.05) is 12.5 Å². The second kappa shape index (κ2) is 18.1. The number of unbranched alkanes of at least 4 members (excludes halogenated alkanes) is 9. The summed E-state index contributed by atoms with van der Waals surface area (Å²) in [6.07, 6.45) is 14.4. The largest absolute Gasteiger partial charge is 0.285 e. The van der Waals surface area contributed by atoms with E-state index in [2.05, 4.69) is 29.5 Å². The van der Waals surface area contributed by atoms with Gasteiger partial charge in [-0.05, 0) is 40.5 Å². The molecule has 2 N–H and O–H groups in total. The van der Waals surface area contributed by atoms with Crippen LogP contribution >= 0.6 is 0 Å². The first-order valence-corrected chi connectivity index (χ1v) is 15.8. The molecule has 0 fully saturated rings. The van der Waals surface area contributed by atoms with Crippen LogP contribution in [-0.2, 0) is 28.8 Å². The molecule has 0 spiro atoms. The molecular formula is C22H46N4O6S2. The number of aliphatic imine (C=N–C) groups is 2. The lowest BCUT2D eigenvalue weighted by molar-refractivity contribution is 0.266. The second-order valence-electron chi connectivity index (χ2n) is 9.15. The quantitative estimate of drug-likeness (QED) is 0.110. The fourth-order valence-electron chi connectivity index (χ4n) is 3.15. The van der Waals surface area contributed by atoms with Crippen LogP contribution in [0.25, 0.3) is 0 Å². The van der Waals surface area contributed by atoms with Gasteiger partial charge in [-0.3, -0.25) is 9.98 Å². The van der Waals surface area contributed by atoms with Crippen molar-refractivity contribution in [3.05, 3.63) is 0 Å². The number of amidine groups is 2. The molecule has 0 amide bonds. The van der Waals surface area contributed by atoms with Gasteiger partial charge in [0.1, 0.15) is 11.7 Å². The molecule has 0 bridgehead atoms. The lowest BCUT2D eigenvalue weighted by Gasteiger charge is -2.10. The van der Waals surface area contributed by atoms with Gasteiger partial charge >= 0.3 is 0 Å². The van der Waals surface area contributed by atoms with E-state index >= 15 is 0 Å². The van der Waals surface area contributed by atoms with E-state index in [1.807, 2.05) is 27.7 Å². The van der Waals surface area contributed by atoms with Crippen LogP contribution in [0.15, 0.2) is 9.98 Å². The van der Waals surface area contributed by atoms with E-state index in [1.54, 1.807) is 0 Å². The van der Waals surface area contributed by atoms with Gasteiger partial charge < -0.3 is 0 Å². The molecule has 0 rings (SSSR count). The van der Waals surface area contributed by atoms with Gasteiger partial charge in [0, 0.05) is 24.9 Å². The predicted molar refractivity (Wildman–Crippen MR) is 139 cm³/mol. The van der Waals surface area contributed by atoms with E-state index in [1.165, 1.54) is 25.7 Å². The number of hydrogen-bond donors (Lipinski definition) is 2. The van der Waals surface area contributed by atoms with Gasteiger partial charge in [-0.1, -0.05) is 51.4 Å². The Labute approximate surface area is 207 Å². The van der Waals surface area contributed by atoms with Crippen LogP contribution in [0.2, 0.25) is 0 Å². The normalized spacial score (nSPS) is 13.6. The molecule has 0 saturated carbocycles. The van der Waals surface area contributed by atoms with Crippen molar-refractivity contribution in [1.82, 2.24) is 11.0 Å². The van der Waals surface area contributed by atoms with Crippen molar-refractivity contribution in [2.45, 2.75) is 117 Å². The van der Waals surface area contributed by atoms with E-state index in [4.69, 9.17) is 0 Å². The van der Waals surface area contributed by atoms with Gasteiger partial charge in [0.05, 0.1) is 12.5 Å². The van der Waals surface area contributed by atoms with Gasteiger partial charge in [-0.25, -0.2) is 11.0 Å². The summed E-state index contributed by atoms with van der Waals surface area (Å²) in [5.41, 5.74) is 4.95. The first-order valence-electron chi connectivity index (χ1n) is 12.2. The van der Waals surface area contributed by atoms with Crippen molar-refractivity contribution in [1.29, 1.82) is 0 Å². The molecule has 202 valence electrons. The van der Waals surface area contributed by atoms with Crippen molar-refractivity contribution in [3.8, 4) is 0 Å². The molecule has 0 saturated heterocycles. The molecule has 0 aliphatic carbocycles. The molecule has 0 heterocycles. The molecule has 0 aliphatic heterocycles. The predicted octanol–water partition coefficient (Wildman–Crippen LogP) is 4.24. The average Bonchev–Trinajstić information content (AvgIpc) is 2.68. The van der Waals surface area contributed by atoms with E-state index in [0.717, 1.165) is 51.0 Å². The highest BCUT2D eigenvalue weighted by molar-refractivity contribution is 7.86. The zero-order valence-corrected chi connectivity index (χ0v) is 23.4. The average molecular weight is 527 g/mol. The van der Waals surface area contributed by atoms with E-state index < -0.39 is 20.2 Å². The Kier molecular flexibility index (Phi) is 17.4. The van der Waals surface area contributed by atoms with Crippen LogP contribution in [0.4, 0.5) is 0 Å². The van der Waals surface area contributed by atoms with Crippen LogP contribution in [0.3, 0.4) is 0 Å². The fourth-order valence-corrected chi connectivity index (χ4v) is 3.65. The summed E-state index contributed by atoms with van der Waals surface area (Å²) >= 11 is 0. The third-order valence-corrected chi connectivity index (χ3v) is 5.30. The highest BCUT2D eigenvalue weighted by Gasteiger charge is 2.08. The highest BCUT2D eigenvalue weighted by atomic mass is 32.2. The van der Waals surface area contributed by atoms with Gasteiger partial charge in [0.15, 0.2) is 0 Å². The van der Waals surface area contributed by atoms with Crippen LogP contribution < -0.4 is 11.0 Å². The zero-order chi connectivity index (χ0) is 26.0. The maximum atomic E-state index is 11.1. The van der Waals surface area contributed by atoms with Gasteiger partial charge in [-0.2, -0.15) is 25.4 Å². The van der Waals surface area contributed by atoms with Crippen LogP contribution in [-0.4, -0.2) is 53.1 Å². The van der Waals surface area contributed by atoms with Crippen molar-refractivity contribution < 1.29 is 25.4 Å². The molecule has 0 radical (unpaired) electrons. The van der Waals surface area contributed by atoms with Crippen LogP contribution in [0.5, 0.6) is 0 Å². The molecule has 0 aliphatic rings. The second-order valence-corrected chi connectivity index (χ2v) is 12.3. The third-order valence-electron chi connectivity index (χ3n) is 4.53. The standard InChI is InChI=1S/C22H46N4O6S2/c1-19(2)23-21(25-31-33(5,27)28)17-15-13-11-9-7-8-10-12-14-16-18-22(24-20(3)4)26-32-34(6,29)30/h19-20H,7-18H2,1-6H3,(H,23,25)(H,24,26). The summed E-state index contributed by atoms with van der Waals surface area (Å²) in [5.74, 6) is 1.14. The fraction of sp³-hybridized carbons (Fsp3) is 0.909. The summed E-state index contributed by atoms with van der Waals surface area (Å²) in [7, 11) is -7.11. The van der Waals surface area contributed by atoms with E-state index in [9.17, 15) is 16.8 Å². The Bertz CT molecular complexity index is 741. The molecule has 0 atom stereocenters. The number of nitrogens with one attached hydrogen (secondary N) is 2. The van der Waals surface area contributed by atoms with Gasteiger partial charge in [-0.15, -0.1) is 0 Å². The zero-order valence-electron chi connectivity index (χ0n) is 21.8. The van der Waals surface area contributed by atoms with Gasteiger partial charge in [0.25, 0.3) is 20.2 Å². The minimum Gasteiger partial charge on any atom is -0.268 e. The Balaban J connectivity index is 3.87. The SMILES string of the molecule is CC(C)N=C(CCCCCCCCCCCCC(=NC(C)C)NOS(C)(=O)=O)NOS(C)(=O)=O. The Morgan fingerprint density at radius 1 is 0.588 bits per heavy atom. The summed E-state index contributed by atoms with van der Waals surface area (Å²) < 4.78 is 53.8.